The highest BCUT2D eigenvalue weighted by Gasteiger charge is 2.16. The number of primary amides is 1. The Hall–Kier alpha value is -2.08. The van der Waals surface area contributed by atoms with Crippen molar-refractivity contribution in [1.82, 2.24) is 5.32 Å². The summed E-state index contributed by atoms with van der Waals surface area (Å²) >= 11 is 0. The summed E-state index contributed by atoms with van der Waals surface area (Å²) in [5.41, 5.74) is 15.4. The Balaban J connectivity index is 2.67. The number of nitrogens with zero attached hydrogens (tertiary/aromatic N) is 3. The van der Waals surface area contributed by atoms with Gasteiger partial charge >= 0.3 is 0 Å². The first-order chi connectivity index (χ1) is 9.69. The van der Waals surface area contributed by atoms with Gasteiger partial charge in [-0.3, -0.25) is 4.79 Å². The molecular weight excluding hydrogens is 258 g/mol. The lowest BCUT2D eigenvalue weighted by atomic mass is 10.0. The molecule has 0 fully saturated rings. The van der Waals surface area contributed by atoms with Gasteiger partial charge in [0.05, 0.1) is 6.61 Å². The Bertz CT molecular complexity index is 485. The molecule has 1 unspecified atom stereocenters. The number of benzene rings is 1. The number of carbonyl (C=O) groups is 1. The summed E-state index contributed by atoms with van der Waals surface area (Å²) in [6, 6.07) is 6.96. The largest absolute Gasteiger partial charge is 0.380 e. The van der Waals surface area contributed by atoms with Gasteiger partial charge in [0.2, 0.25) is 5.91 Å². The van der Waals surface area contributed by atoms with Crippen LogP contribution in [-0.4, -0.2) is 26.1 Å². The number of rotatable bonds is 9. The normalized spacial score (nSPS) is 11.7. The molecule has 1 atom stereocenters. The van der Waals surface area contributed by atoms with Crippen LogP contribution in [0.4, 0.5) is 0 Å². The average molecular weight is 277 g/mol. The maximum absolute atomic E-state index is 11.5. The van der Waals surface area contributed by atoms with Crippen molar-refractivity contribution in [3.05, 3.63) is 45.8 Å². The molecular formula is C13H19N5O2. The first-order valence-electron chi connectivity index (χ1n) is 6.30. The second-order valence-electron chi connectivity index (χ2n) is 4.28. The molecule has 0 aliphatic rings. The highest BCUT2D eigenvalue weighted by molar-refractivity contribution is 5.81. The van der Waals surface area contributed by atoms with Crippen molar-refractivity contribution < 1.29 is 9.53 Å². The number of amides is 1. The van der Waals surface area contributed by atoms with E-state index in [1.807, 2.05) is 24.3 Å². The molecule has 0 heterocycles. The van der Waals surface area contributed by atoms with Gasteiger partial charge in [0.1, 0.15) is 6.04 Å². The van der Waals surface area contributed by atoms with E-state index in [1.165, 1.54) is 0 Å². The van der Waals surface area contributed by atoms with E-state index in [0.29, 0.717) is 26.1 Å². The molecule has 3 N–H and O–H groups in total. The van der Waals surface area contributed by atoms with Crippen LogP contribution in [0.25, 0.3) is 10.4 Å². The number of hydrogen-bond donors (Lipinski definition) is 2. The van der Waals surface area contributed by atoms with Crippen LogP contribution in [-0.2, 0) is 16.1 Å². The highest BCUT2D eigenvalue weighted by atomic mass is 16.5. The highest BCUT2D eigenvalue weighted by Crippen LogP contribution is 2.15. The van der Waals surface area contributed by atoms with E-state index in [-0.39, 0.29) is 0 Å². The molecule has 7 nitrogen and oxygen atoms in total. The predicted molar refractivity (Wildman–Crippen MR) is 75.7 cm³/mol. The van der Waals surface area contributed by atoms with Crippen LogP contribution in [0.15, 0.2) is 29.4 Å². The summed E-state index contributed by atoms with van der Waals surface area (Å²) < 4.78 is 5.07. The maximum atomic E-state index is 11.5. The molecule has 1 aromatic carbocycles. The predicted octanol–water partition coefficient (Wildman–Crippen LogP) is 1.65. The number of methoxy groups -OCH3 is 1. The van der Waals surface area contributed by atoms with Gasteiger partial charge in [-0.15, -0.1) is 0 Å². The minimum absolute atomic E-state index is 0.388. The van der Waals surface area contributed by atoms with E-state index in [1.54, 1.807) is 7.11 Å². The van der Waals surface area contributed by atoms with E-state index < -0.39 is 11.9 Å². The van der Waals surface area contributed by atoms with Crippen LogP contribution in [0.3, 0.4) is 0 Å². The van der Waals surface area contributed by atoms with Gasteiger partial charge in [-0.1, -0.05) is 29.4 Å². The summed E-state index contributed by atoms with van der Waals surface area (Å²) in [5.74, 6) is -0.441. The third-order valence-corrected chi connectivity index (χ3v) is 2.73. The second kappa shape index (κ2) is 8.92. The van der Waals surface area contributed by atoms with E-state index in [2.05, 4.69) is 15.3 Å². The molecule has 0 aromatic heterocycles. The van der Waals surface area contributed by atoms with E-state index in [0.717, 1.165) is 11.1 Å². The van der Waals surface area contributed by atoms with Crippen molar-refractivity contribution in [3.8, 4) is 0 Å². The Kier molecular flexibility index (Phi) is 7.13. The van der Waals surface area contributed by atoms with Gasteiger partial charge in [-0.25, -0.2) is 0 Å². The zero-order chi connectivity index (χ0) is 14.8. The van der Waals surface area contributed by atoms with Crippen LogP contribution in [0, 0.1) is 0 Å². The maximum Gasteiger partial charge on any atom is 0.239 e. The van der Waals surface area contributed by atoms with Crippen molar-refractivity contribution >= 4 is 5.91 Å². The van der Waals surface area contributed by atoms with E-state index in [9.17, 15) is 4.79 Å². The minimum Gasteiger partial charge on any atom is -0.380 e. The fraction of sp³-hybridized carbons (Fsp3) is 0.462. The Labute approximate surface area is 117 Å². The number of nitrogens with two attached hydrogens (primary N) is 1. The van der Waals surface area contributed by atoms with Gasteiger partial charge in [0, 0.05) is 18.6 Å². The van der Waals surface area contributed by atoms with Crippen LogP contribution in [0.2, 0.25) is 0 Å². The number of carbonyl (C=O) groups excluding carboxylic acids is 1. The third kappa shape index (κ3) is 5.27. The molecule has 0 aliphatic heterocycles. The lowest BCUT2D eigenvalue weighted by molar-refractivity contribution is -0.120. The van der Waals surface area contributed by atoms with Gasteiger partial charge < -0.3 is 15.8 Å². The van der Waals surface area contributed by atoms with Crippen LogP contribution in [0.5, 0.6) is 0 Å². The summed E-state index contributed by atoms with van der Waals surface area (Å²) in [7, 11) is 1.62. The van der Waals surface area contributed by atoms with Crippen molar-refractivity contribution in [2.24, 2.45) is 10.8 Å². The fourth-order valence-electron chi connectivity index (χ4n) is 1.85. The fourth-order valence-corrected chi connectivity index (χ4v) is 1.85. The molecule has 1 aromatic rings. The number of nitrogens with one attached hydrogen (secondary N) is 1. The molecule has 0 radical (unpaired) electrons. The molecule has 1 rings (SSSR count). The molecule has 20 heavy (non-hydrogen) atoms. The first kappa shape index (κ1) is 16.0. The molecule has 7 heteroatoms. The standard InChI is InChI=1S/C13H19N5O2/c1-20-9-10-4-2-5-11(8-10)12(13(14)19)16-6-3-7-17-18-15/h2,4-5,8,12,16H,3,6-7,9H2,1H3,(H2,14,19). The van der Waals surface area contributed by atoms with Gasteiger partial charge in [0.15, 0.2) is 0 Å². The lowest BCUT2D eigenvalue weighted by Gasteiger charge is -2.16. The minimum atomic E-state index is -0.558. The van der Waals surface area contributed by atoms with Crippen molar-refractivity contribution in [3.63, 3.8) is 0 Å². The van der Waals surface area contributed by atoms with Crippen molar-refractivity contribution in [2.75, 3.05) is 20.2 Å². The number of azide groups is 1. The molecule has 0 bridgehead atoms. The van der Waals surface area contributed by atoms with Crippen molar-refractivity contribution in [2.45, 2.75) is 19.1 Å². The van der Waals surface area contributed by atoms with Gasteiger partial charge in [0.25, 0.3) is 0 Å². The molecule has 1 amide bonds. The topological polar surface area (TPSA) is 113 Å². The molecule has 0 aliphatic carbocycles. The zero-order valence-electron chi connectivity index (χ0n) is 11.5. The molecule has 0 saturated carbocycles. The van der Waals surface area contributed by atoms with Crippen LogP contribution >= 0.6 is 0 Å². The first-order valence-corrected chi connectivity index (χ1v) is 6.30. The monoisotopic (exact) mass is 277 g/mol. The van der Waals surface area contributed by atoms with E-state index in [4.69, 9.17) is 16.0 Å². The van der Waals surface area contributed by atoms with Crippen LogP contribution < -0.4 is 11.1 Å². The smallest absolute Gasteiger partial charge is 0.239 e. The quantitative estimate of drug-likeness (QED) is 0.309. The number of ether oxygens (including phenoxy) is 1. The Morgan fingerprint density at radius 2 is 2.40 bits per heavy atom. The van der Waals surface area contributed by atoms with Gasteiger partial charge in [-0.05, 0) is 29.6 Å². The van der Waals surface area contributed by atoms with Crippen LogP contribution in [0.1, 0.15) is 23.6 Å². The second-order valence-corrected chi connectivity index (χ2v) is 4.28. The van der Waals surface area contributed by atoms with E-state index >= 15 is 0 Å². The van der Waals surface area contributed by atoms with Gasteiger partial charge in [-0.2, -0.15) is 0 Å². The summed E-state index contributed by atoms with van der Waals surface area (Å²) in [6.45, 7) is 1.41. The molecule has 108 valence electrons. The zero-order valence-corrected chi connectivity index (χ0v) is 11.5. The molecule has 0 spiro atoms. The average Bonchev–Trinajstić information content (AvgIpc) is 2.43. The molecule has 0 saturated heterocycles. The summed E-state index contributed by atoms with van der Waals surface area (Å²) in [6.07, 6.45) is 0.644. The van der Waals surface area contributed by atoms with Crippen molar-refractivity contribution in [1.29, 1.82) is 0 Å². The Morgan fingerprint density at radius 3 is 3.05 bits per heavy atom. The summed E-state index contributed by atoms with van der Waals surface area (Å²) in [5, 5.41) is 6.50. The SMILES string of the molecule is COCc1cccc(C(NCCCN=[N+]=[N-])C(N)=O)c1. The third-order valence-electron chi connectivity index (χ3n) is 2.73. The summed E-state index contributed by atoms with van der Waals surface area (Å²) in [4.78, 5) is 14.2. The number of hydrogen-bond acceptors (Lipinski definition) is 4. The lowest BCUT2D eigenvalue weighted by Crippen LogP contribution is -2.34. The Morgan fingerprint density at radius 1 is 1.60 bits per heavy atom.